The normalized spacial score (nSPS) is 10.4. The van der Waals surface area contributed by atoms with Crippen molar-refractivity contribution in [2.75, 3.05) is 0 Å². The summed E-state index contributed by atoms with van der Waals surface area (Å²) in [7, 11) is 0. The Bertz CT molecular complexity index is 489. The lowest BCUT2D eigenvalue weighted by Crippen LogP contribution is -1.84. The van der Waals surface area contributed by atoms with E-state index in [-0.39, 0.29) is 0 Å². The second-order valence-electron chi connectivity index (χ2n) is 3.71. The van der Waals surface area contributed by atoms with E-state index in [1.807, 2.05) is 24.3 Å². The van der Waals surface area contributed by atoms with Gasteiger partial charge in [-0.3, -0.25) is 0 Å². The first-order valence-electron chi connectivity index (χ1n) is 5.24. The third-order valence-corrected chi connectivity index (χ3v) is 3.25. The molecule has 0 heterocycles. The number of hydrogen-bond donors (Lipinski definition) is 0. The maximum atomic E-state index is 5.88. The monoisotopic (exact) mass is 294 g/mol. The van der Waals surface area contributed by atoms with Crippen molar-refractivity contribution in [3.8, 4) is 11.1 Å². The lowest BCUT2D eigenvalue weighted by molar-refractivity contribution is 1.14. The zero-order valence-electron chi connectivity index (χ0n) is 9.00. The Labute approximate surface area is 109 Å². The summed E-state index contributed by atoms with van der Waals surface area (Å²) in [5, 5.41) is 0.773. The molecular formula is C14H12BrCl. The first kappa shape index (κ1) is 11.7. The Hall–Kier alpha value is -0.790. The molecule has 2 heteroatoms. The van der Waals surface area contributed by atoms with E-state index in [4.69, 9.17) is 11.6 Å². The van der Waals surface area contributed by atoms with Crippen LogP contribution in [0.3, 0.4) is 0 Å². The fourth-order valence-corrected chi connectivity index (χ4v) is 2.33. The lowest BCUT2D eigenvalue weighted by Gasteiger charge is -2.06. The average Bonchev–Trinajstić information content (AvgIpc) is 2.29. The van der Waals surface area contributed by atoms with Crippen LogP contribution in [0.1, 0.15) is 12.5 Å². The molecule has 0 unspecified atom stereocenters. The van der Waals surface area contributed by atoms with E-state index in [0.717, 1.165) is 15.9 Å². The van der Waals surface area contributed by atoms with Crippen molar-refractivity contribution in [1.29, 1.82) is 0 Å². The van der Waals surface area contributed by atoms with Gasteiger partial charge in [-0.05, 0) is 47.4 Å². The predicted molar refractivity (Wildman–Crippen MR) is 74.0 cm³/mol. The third kappa shape index (κ3) is 2.66. The van der Waals surface area contributed by atoms with Crippen LogP contribution in [0.15, 0.2) is 46.9 Å². The van der Waals surface area contributed by atoms with Gasteiger partial charge in [0.15, 0.2) is 0 Å². The van der Waals surface area contributed by atoms with Gasteiger partial charge >= 0.3 is 0 Å². The van der Waals surface area contributed by atoms with Crippen LogP contribution in [-0.2, 0) is 6.42 Å². The van der Waals surface area contributed by atoms with Crippen LogP contribution < -0.4 is 0 Å². The highest BCUT2D eigenvalue weighted by Gasteiger charge is 2.01. The summed E-state index contributed by atoms with van der Waals surface area (Å²) >= 11 is 9.42. The Morgan fingerprint density at radius 3 is 2.31 bits per heavy atom. The summed E-state index contributed by atoms with van der Waals surface area (Å²) in [5.41, 5.74) is 3.75. The van der Waals surface area contributed by atoms with Crippen molar-refractivity contribution in [1.82, 2.24) is 0 Å². The van der Waals surface area contributed by atoms with E-state index < -0.39 is 0 Å². The molecule has 0 radical (unpaired) electrons. The van der Waals surface area contributed by atoms with E-state index in [9.17, 15) is 0 Å². The molecule has 0 N–H and O–H groups in total. The third-order valence-electron chi connectivity index (χ3n) is 2.54. The van der Waals surface area contributed by atoms with Crippen LogP contribution in [0.4, 0.5) is 0 Å². The number of aryl methyl sites for hydroxylation is 1. The van der Waals surface area contributed by atoms with Crippen molar-refractivity contribution < 1.29 is 0 Å². The van der Waals surface area contributed by atoms with Crippen molar-refractivity contribution in [2.24, 2.45) is 0 Å². The van der Waals surface area contributed by atoms with Gasteiger partial charge in [0.1, 0.15) is 0 Å². The minimum atomic E-state index is 0.773. The van der Waals surface area contributed by atoms with Gasteiger partial charge in [0, 0.05) is 9.50 Å². The van der Waals surface area contributed by atoms with Gasteiger partial charge in [0.05, 0.1) is 0 Å². The average molecular weight is 296 g/mol. The second kappa shape index (κ2) is 5.03. The summed E-state index contributed by atoms with van der Waals surface area (Å²) < 4.78 is 1.12. The molecule has 0 aliphatic rings. The summed E-state index contributed by atoms with van der Waals surface area (Å²) in [6.07, 6.45) is 1.04. The van der Waals surface area contributed by atoms with E-state index >= 15 is 0 Å². The summed E-state index contributed by atoms with van der Waals surface area (Å²) in [5.74, 6) is 0. The topological polar surface area (TPSA) is 0 Å². The molecule has 2 aromatic rings. The molecule has 0 spiro atoms. The van der Waals surface area contributed by atoms with Crippen LogP contribution in [0, 0.1) is 0 Å². The fourth-order valence-electron chi connectivity index (χ4n) is 1.66. The SMILES string of the molecule is CCc1cc(Br)cc(-c2ccc(Cl)cc2)c1. The van der Waals surface area contributed by atoms with E-state index in [1.54, 1.807) is 0 Å². The van der Waals surface area contributed by atoms with E-state index in [2.05, 4.69) is 41.1 Å². The van der Waals surface area contributed by atoms with Crippen molar-refractivity contribution >= 4 is 27.5 Å². The minimum Gasteiger partial charge on any atom is -0.0843 e. The summed E-state index contributed by atoms with van der Waals surface area (Å²) in [4.78, 5) is 0. The van der Waals surface area contributed by atoms with Crippen molar-refractivity contribution in [3.63, 3.8) is 0 Å². The Morgan fingerprint density at radius 1 is 1.00 bits per heavy atom. The largest absolute Gasteiger partial charge is 0.0843 e. The molecule has 0 fully saturated rings. The quantitative estimate of drug-likeness (QED) is 0.702. The van der Waals surface area contributed by atoms with Crippen molar-refractivity contribution in [3.05, 3.63) is 57.5 Å². The molecule has 0 aromatic heterocycles. The van der Waals surface area contributed by atoms with Crippen LogP contribution in [-0.4, -0.2) is 0 Å². The molecule has 16 heavy (non-hydrogen) atoms. The first-order chi connectivity index (χ1) is 7.69. The highest BCUT2D eigenvalue weighted by atomic mass is 79.9. The van der Waals surface area contributed by atoms with Gasteiger partial charge in [-0.25, -0.2) is 0 Å². The molecule has 0 nitrogen and oxygen atoms in total. The van der Waals surface area contributed by atoms with Crippen LogP contribution >= 0.6 is 27.5 Å². The zero-order valence-corrected chi connectivity index (χ0v) is 11.3. The molecule has 0 atom stereocenters. The molecule has 0 amide bonds. The molecule has 82 valence electrons. The zero-order chi connectivity index (χ0) is 11.5. The van der Waals surface area contributed by atoms with Gasteiger partial charge in [-0.2, -0.15) is 0 Å². The molecular weight excluding hydrogens is 284 g/mol. The van der Waals surface area contributed by atoms with Gasteiger partial charge in [0.2, 0.25) is 0 Å². The highest BCUT2D eigenvalue weighted by Crippen LogP contribution is 2.26. The summed E-state index contributed by atoms with van der Waals surface area (Å²) in [6.45, 7) is 2.16. The molecule has 2 aromatic carbocycles. The Morgan fingerprint density at radius 2 is 1.69 bits per heavy atom. The molecule has 0 saturated carbocycles. The molecule has 0 saturated heterocycles. The maximum absolute atomic E-state index is 5.88. The first-order valence-corrected chi connectivity index (χ1v) is 6.41. The Balaban J connectivity index is 2.47. The number of hydrogen-bond acceptors (Lipinski definition) is 0. The van der Waals surface area contributed by atoms with Crippen molar-refractivity contribution in [2.45, 2.75) is 13.3 Å². The van der Waals surface area contributed by atoms with E-state index in [0.29, 0.717) is 0 Å². The fraction of sp³-hybridized carbons (Fsp3) is 0.143. The van der Waals surface area contributed by atoms with Gasteiger partial charge in [0.25, 0.3) is 0 Å². The smallest absolute Gasteiger partial charge is 0.0406 e. The predicted octanol–water partition coefficient (Wildman–Crippen LogP) is 5.33. The van der Waals surface area contributed by atoms with Gasteiger partial charge in [-0.15, -0.1) is 0 Å². The number of halogens is 2. The van der Waals surface area contributed by atoms with Gasteiger partial charge < -0.3 is 0 Å². The maximum Gasteiger partial charge on any atom is 0.0406 e. The van der Waals surface area contributed by atoms with Gasteiger partial charge in [-0.1, -0.05) is 52.7 Å². The number of benzene rings is 2. The second-order valence-corrected chi connectivity index (χ2v) is 5.06. The molecule has 0 bridgehead atoms. The van der Waals surface area contributed by atoms with Crippen LogP contribution in [0.5, 0.6) is 0 Å². The summed E-state index contributed by atoms with van der Waals surface area (Å²) in [6, 6.07) is 14.4. The molecule has 0 aliphatic heterocycles. The lowest BCUT2D eigenvalue weighted by atomic mass is 10.0. The highest BCUT2D eigenvalue weighted by molar-refractivity contribution is 9.10. The Kier molecular flexibility index (Phi) is 3.67. The molecule has 0 aliphatic carbocycles. The standard InChI is InChI=1S/C14H12BrCl/c1-2-10-7-12(9-13(15)8-10)11-3-5-14(16)6-4-11/h3-9H,2H2,1H3. The minimum absolute atomic E-state index is 0.773. The van der Waals surface area contributed by atoms with Crippen LogP contribution in [0.2, 0.25) is 5.02 Å². The number of rotatable bonds is 2. The van der Waals surface area contributed by atoms with E-state index in [1.165, 1.54) is 16.7 Å². The molecule has 2 rings (SSSR count). The van der Waals surface area contributed by atoms with Crippen LogP contribution in [0.25, 0.3) is 11.1 Å².